The van der Waals surface area contributed by atoms with Crippen molar-refractivity contribution in [1.82, 2.24) is 0 Å². The Hall–Kier alpha value is -0.980. The summed E-state index contributed by atoms with van der Waals surface area (Å²) in [6.07, 6.45) is 7.41. The highest BCUT2D eigenvalue weighted by atomic mass is 16.3. The number of aliphatic hydroxyl groups excluding tert-OH is 1. The number of aliphatic hydroxyl groups is 1. The Morgan fingerprint density at radius 1 is 1.70 bits per heavy atom. The van der Waals surface area contributed by atoms with Crippen LogP contribution in [0.4, 0.5) is 0 Å². The number of hydrogen-bond acceptors (Lipinski definition) is 1. The van der Waals surface area contributed by atoms with Gasteiger partial charge in [-0.15, -0.1) is 6.58 Å². The van der Waals surface area contributed by atoms with Gasteiger partial charge >= 0.3 is 0 Å². The minimum atomic E-state index is 0.366. The van der Waals surface area contributed by atoms with Gasteiger partial charge in [-0.2, -0.15) is 0 Å². The summed E-state index contributed by atoms with van der Waals surface area (Å²) in [7, 11) is 0. The van der Waals surface area contributed by atoms with Gasteiger partial charge < -0.3 is 5.11 Å². The lowest BCUT2D eigenvalue weighted by Gasteiger charge is -2.16. The molecule has 1 heteroatoms. The van der Waals surface area contributed by atoms with Crippen LogP contribution in [0.25, 0.3) is 0 Å². The van der Waals surface area contributed by atoms with Gasteiger partial charge in [0.05, 0.1) is 0 Å². The molecule has 10 heavy (non-hydrogen) atoms. The molecular formula is C9H12O. The lowest BCUT2D eigenvalue weighted by Crippen LogP contribution is -2.07. The van der Waals surface area contributed by atoms with E-state index in [1.54, 1.807) is 6.08 Å². The minimum absolute atomic E-state index is 0.366. The van der Waals surface area contributed by atoms with Gasteiger partial charge in [0, 0.05) is 5.92 Å². The van der Waals surface area contributed by atoms with Crippen LogP contribution >= 0.6 is 0 Å². The second kappa shape index (κ2) is 2.74. The third-order valence-corrected chi connectivity index (χ3v) is 1.80. The molecule has 1 N–H and O–H groups in total. The Bertz CT molecular complexity index is 189. The third-order valence-electron chi connectivity index (χ3n) is 1.80. The van der Waals surface area contributed by atoms with E-state index in [2.05, 4.69) is 13.5 Å². The lowest BCUT2D eigenvalue weighted by molar-refractivity contribution is 0.412. The molecule has 54 valence electrons. The molecular weight excluding hydrogens is 124 g/mol. The van der Waals surface area contributed by atoms with Gasteiger partial charge in [0.25, 0.3) is 0 Å². The third kappa shape index (κ3) is 1.29. The van der Waals surface area contributed by atoms with Crippen LogP contribution < -0.4 is 0 Å². The molecule has 1 aliphatic carbocycles. The zero-order valence-electron chi connectivity index (χ0n) is 6.12. The summed E-state index contributed by atoms with van der Waals surface area (Å²) in [6, 6.07) is 0. The Morgan fingerprint density at radius 2 is 2.40 bits per heavy atom. The van der Waals surface area contributed by atoms with Crippen LogP contribution in [0.2, 0.25) is 0 Å². The maximum absolute atomic E-state index is 9.03. The van der Waals surface area contributed by atoms with E-state index in [0.717, 1.165) is 0 Å². The second-order valence-electron chi connectivity index (χ2n) is 2.62. The van der Waals surface area contributed by atoms with E-state index in [0.29, 0.717) is 17.6 Å². The molecule has 2 atom stereocenters. The molecule has 0 heterocycles. The minimum Gasteiger partial charge on any atom is -0.508 e. The molecule has 0 bridgehead atoms. The van der Waals surface area contributed by atoms with Crippen LogP contribution in [0.1, 0.15) is 6.92 Å². The first-order valence-corrected chi connectivity index (χ1v) is 3.45. The Kier molecular flexibility index (Phi) is 1.95. The van der Waals surface area contributed by atoms with Gasteiger partial charge in [-0.3, -0.25) is 0 Å². The Morgan fingerprint density at radius 3 is 2.90 bits per heavy atom. The van der Waals surface area contributed by atoms with Crippen LogP contribution in [0, 0.1) is 11.8 Å². The molecule has 0 aromatic heterocycles. The van der Waals surface area contributed by atoms with Crippen LogP contribution in [-0.2, 0) is 0 Å². The molecule has 0 aromatic rings. The van der Waals surface area contributed by atoms with Crippen molar-refractivity contribution >= 4 is 0 Å². The van der Waals surface area contributed by atoms with Crippen LogP contribution in [0.5, 0.6) is 0 Å². The van der Waals surface area contributed by atoms with Crippen LogP contribution in [0.15, 0.2) is 36.6 Å². The summed E-state index contributed by atoms with van der Waals surface area (Å²) < 4.78 is 0. The number of allylic oxidation sites excluding steroid dienone is 4. The fourth-order valence-electron chi connectivity index (χ4n) is 1.11. The zero-order chi connectivity index (χ0) is 7.56. The van der Waals surface area contributed by atoms with Gasteiger partial charge in [-0.1, -0.05) is 19.1 Å². The summed E-state index contributed by atoms with van der Waals surface area (Å²) in [5.74, 6) is 1.13. The smallest absolute Gasteiger partial charge is 0.111 e. The van der Waals surface area contributed by atoms with E-state index in [4.69, 9.17) is 5.11 Å². The van der Waals surface area contributed by atoms with Crippen molar-refractivity contribution in [2.24, 2.45) is 11.8 Å². The van der Waals surface area contributed by atoms with Crippen molar-refractivity contribution < 1.29 is 5.11 Å². The molecule has 0 fully saturated rings. The lowest BCUT2D eigenvalue weighted by atomic mass is 9.90. The van der Waals surface area contributed by atoms with E-state index in [1.165, 1.54) is 0 Å². The molecule has 2 unspecified atom stereocenters. The molecule has 0 spiro atoms. The topological polar surface area (TPSA) is 20.2 Å². The van der Waals surface area contributed by atoms with Crippen molar-refractivity contribution in [2.75, 3.05) is 0 Å². The van der Waals surface area contributed by atoms with Gasteiger partial charge in [-0.25, -0.2) is 0 Å². The highest BCUT2D eigenvalue weighted by Gasteiger charge is 2.12. The van der Waals surface area contributed by atoms with Crippen LogP contribution in [-0.4, -0.2) is 5.11 Å². The van der Waals surface area contributed by atoms with Crippen molar-refractivity contribution in [2.45, 2.75) is 6.92 Å². The van der Waals surface area contributed by atoms with Crippen LogP contribution in [0.3, 0.4) is 0 Å². The molecule has 0 aliphatic heterocycles. The molecule has 0 saturated carbocycles. The van der Waals surface area contributed by atoms with Crippen molar-refractivity contribution in [1.29, 1.82) is 0 Å². The monoisotopic (exact) mass is 136 g/mol. The zero-order valence-corrected chi connectivity index (χ0v) is 6.12. The second-order valence-corrected chi connectivity index (χ2v) is 2.62. The Labute approximate surface area is 61.4 Å². The molecule has 0 amide bonds. The molecule has 0 saturated heterocycles. The fourth-order valence-corrected chi connectivity index (χ4v) is 1.11. The quantitative estimate of drug-likeness (QED) is 0.549. The first kappa shape index (κ1) is 7.13. The van der Waals surface area contributed by atoms with E-state index in [1.807, 2.05) is 18.2 Å². The first-order valence-electron chi connectivity index (χ1n) is 3.45. The summed E-state index contributed by atoms with van der Waals surface area (Å²) in [6.45, 7) is 5.76. The summed E-state index contributed by atoms with van der Waals surface area (Å²) >= 11 is 0. The molecule has 1 aliphatic rings. The van der Waals surface area contributed by atoms with E-state index in [-0.39, 0.29) is 0 Å². The largest absolute Gasteiger partial charge is 0.508 e. The van der Waals surface area contributed by atoms with E-state index >= 15 is 0 Å². The van der Waals surface area contributed by atoms with Gasteiger partial charge in [0.15, 0.2) is 0 Å². The standard InChI is InChI=1S/C9H12O/c1-3-8-4-5-9(10)6-7(8)2/h3-8,10H,1H2,2H3. The molecule has 1 nitrogen and oxygen atoms in total. The number of rotatable bonds is 1. The molecule has 0 aromatic carbocycles. The predicted octanol–water partition coefficient (Wildman–Crippen LogP) is 2.44. The highest BCUT2D eigenvalue weighted by Crippen LogP contribution is 2.21. The first-order chi connectivity index (χ1) is 4.74. The normalized spacial score (nSPS) is 31.5. The summed E-state index contributed by atoms with van der Waals surface area (Å²) in [5, 5.41) is 9.03. The summed E-state index contributed by atoms with van der Waals surface area (Å²) in [5.41, 5.74) is 0. The van der Waals surface area contributed by atoms with E-state index in [9.17, 15) is 0 Å². The van der Waals surface area contributed by atoms with Crippen molar-refractivity contribution in [3.8, 4) is 0 Å². The maximum atomic E-state index is 9.03. The van der Waals surface area contributed by atoms with Gasteiger partial charge in [0.2, 0.25) is 0 Å². The fraction of sp³-hybridized carbons (Fsp3) is 0.333. The highest BCUT2D eigenvalue weighted by molar-refractivity contribution is 5.21. The van der Waals surface area contributed by atoms with Gasteiger partial charge in [0.1, 0.15) is 5.76 Å². The average molecular weight is 136 g/mol. The maximum Gasteiger partial charge on any atom is 0.111 e. The average Bonchev–Trinajstić information content (AvgIpc) is 1.88. The number of hydrogen-bond donors (Lipinski definition) is 1. The molecule has 0 radical (unpaired) electrons. The summed E-state index contributed by atoms with van der Waals surface area (Å²) in [4.78, 5) is 0. The van der Waals surface area contributed by atoms with E-state index < -0.39 is 0 Å². The molecule has 1 rings (SSSR count). The Balaban J connectivity index is 2.73. The van der Waals surface area contributed by atoms with Crippen molar-refractivity contribution in [3.63, 3.8) is 0 Å². The predicted molar refractivity (Wildman–Crippen MR) is 42.7 cm³/mol. The van der Waals surface area contributed by atoms with Gasteiger partial charge in [-0.05, 0) is 18.1 Å². The SMILES string of the molecule is C=CC1C=CC(O)=CC1C. The van der Waals surface area contributed by atoms with Crippen molar-refractivity contribution in [3.05, 3.63) is 36.6 Å².